The summed E-state index contributed by atoms with van der Waals surface area (Å²) in [6, 6.07) is 15.9. The van der Waals surface area contributed by atoms with Crippen LogP contribution in [0.25, 0.3) is 5.69 Å². The highest BCUT2D eigenvalue weighted by atomic mass is 32.2. The minimum Gasteiger partial charge on any atom is -0.497 e. The number of ether oxygens (including phenoxy) is 2. The Kier molecular flexibility index (Phi) is 8.24. The molecule has 0 spiro atoms. The molecule has 2 aliphatic heterocycles. The number of thioether (sulfide) groups is 1. The second-order valence-electron chi connectivity index (χ2n) is 11.4. The number of anilines is 1. The van der Waals surface area contributed by atoms with E-state index >= 15 is 0 Å². The van der Waals surface area contributed by atoms with Crippen LogP contribution in [0.1, 0.15) is 61.2 Å². The highest BCUT2D eigenvalue weighted by Gasteiger charge is 2.40. The van der Waals surface area contributed by atoms with Crippen molar-refractivity contribution < 1.29 is 19.1 Å². The van der Waals surface area contributed by atoms with E-state index in [1.54, 1.807) is 23.8 Å². The molecule has 3 aromatic rings. The summed E-state index contributed by atoms with van der Waals surface area (Å²) in [7, 11) is 1.63. The van der Waals surface area contributed by atoms with Crippen LogP contribution < -0.4 is 15.0 Å². The SMILES string of the molecule is COc1ccc(-n2nc(C(C)(C)C)c3c2N(CC(=O)NC[C@H]2CCCO2)C(=O)CS[C@@H]3c2ccccc2C)cc1. The van der Waals surface area contributed by atoms with Crippen molar-refractivity contribution in [3.8, 4) is 11.4 Å². The van der Waals surface area contributed by atoms with Crippen LogP contribution >= 0.6 is 11.8 Å². The number of carbonyl (C=O) groups is 2. The van der Waals surface area contributed by atoms with Crippen molar-refractivity contribution in [3.63, 3.8) is 0 Å². The Balaban J connectivity index is 1.66. The Morgan fingerprint density at radius 3 is 2.58 bits per heavy atom. The second kappa shape index (κ2) is 11.7. The molecule has 0 aliphatic carbocycles. The van der Waals surface area contributed by atoms with E-state index < -0.39 is 0 Å². The quantitative estimate of drug-likeness (QED) is 0.439. The third-order valence-electron chi connectivity index (χ3n) is 7.44. The van der Waals surface area contributed by atoms with Crippen molar-refractivity contribution in [2.24, 2.45) is 0 Å². The monoisotopic (exact) mass is 562 g/mol. The topological polar surface area (TPSA) is 85.7 Å². The lowest BCUT2D eigenvalue weighted by atomic mass is 9.86. The molecule has 9 heteroatoms. The molecule has 0 saturated carbocycles. The van der Waals surface area contributed by atoms with Crippen LogP contribution in [0.2, 0.25) is 0 Å². The number of nitrogens with zero attached hydrogens (tertiary/aromatic N) is 3. The van der Waals surface area contributed by atoms with Crippen LogP contribution in [0.4, 0.5) is 5.82 Å². The lowest BCUT2D eigenvalue weighted by molar-refractivity contribution is -0.123. The van der Waals surface area contributed by atoms with Crippen molar-refractivity contribution in [2.75, 3.05) is 37.5 Å². The molecule has 0 radical (unpaired) electrons. The Bertz CT molecular complexity index is 1370. The number of benzene rings is 2. The van der Waals surface area contributed by atoms with Gasteiger partial charge >= 0.3 is 0 Å². The van der Waals surface area contributed by atoms with Gasteiger partial charge in [0.25, 0.3) is 0 Å². The first kappa shape index (κ1) is 28.2. The summed E-state index contributed by atoms with van der Waals surface area (Å²) in [6.45, 7) is 9.59. The minimum atomic E-state index is -0.315. The molecule has 3 heterocycles. The summed E-state index contributed by atoms with van der Waals surface area (Å²) in [6.07, 6.45) is 1.96. The van der Waals surface area contributed by atoms with Crippen molar-refractivity contribution in [3.05, 3.63) is 70.9 Å². The lowest BCUT2D eigenvalue weighted by Crippen LogP contribution is -2.44. The third-order valence-corrected chi connectivity index (χ3v) is 8.68. The standard InChI is InChI=1S/C31H38N4O4S/c1-20-9-6-7-11-24(20)28-27-29(31(2,3)4)33-35(21-12-14-22(38-5)15-13-21)30(27)34(26(37)19-40-28)18-25(36)32-17-23-10-8-16-39-23/h6-7,9,11-15,23,28H,8,10,16-19H2,1-5H3,(H,32,36)/t23-,28-/m1/s1. The molecule has 1 N–H and O–H groups in total. The summed E-state index contributed by atoms with van der Waals surface area (Å²) in [5.41, 5.74) is 4.65. The molecule has 2 atom stereocenters. The number of rotatable bonds is 7. The first-order valence-corrected chi connectivity index (χ1v) is 14.9. The largest absolute Gasteiger partial charge is 0.497 e. The normalized spacial score (nSPS) is 19.3. The Hall–Kier alpha value is -3.30. The number of carbonyl (C=O) groups excluding carboxylic acids is 2. The molecular weight excluding hydrogens is 524 g/mol. The van der Waals surface area contributed by atoms with E-state index in [0.29, 0.717) is 12.4 Å². The number of hydrogen-bond acceptors (Lipinski definition) is 6. The summed E-state index contributed by atoms with van der Waals surface area (Å²) < 4.78 is 12.9. The van der Waals surface area contributed by atoms with E-state index in [9.17, 15) is 9.59 Å². The highest BCUT2D eigenvalue weighted by molar-refractivity contribution is 8.00. The summed E-state index contributed by atoms with van der Waals surface area (Å²) in [5.74, 6) is 1.29. The Labute approximate surface area is 240 Å². The molecule has 1 saturated heterocycles. The number of aryl methyl sites for hydroxylation is 1. The molecule has 1 aromatic heterocycles. The van der Waals surface area contributed by atoms with Crippen molar-refractivity contribution >= 4 is 29.4 Å². The zero-order chi connectivity index (χ0) is 28.4. The van der Waals surface area contributed by atoms with Crippen LogP contribution in [0.5, 0.6) is 5.75 Å². The number of methoxy groups -OCH3 is 1. The van der Waals surface area contributed by atoms with Crippen LogP contribution in [0, 0.1) is 6.92 Å². The van der Waals surface area contributed by atoms with Gasteiger partial charge in [0.05, 0.1) is 35.6 Å². The molecule has 40 heavy (non-hydrogen) atoms. The summed E-state index contributed by atoms with van der Waals surface area (Å²) >= 11 is 1.60. The zero-order valence-corrected chi connectivity index (χ0v) is 24.7. The average Bonchev–Trinajstić information content (AvgIpc) is 3.57. The maximum atomic E-state index is 13.8. The third kappa shape index (κ3) is 5.76. The van der Waals surface area contributed by atoms with Gasteiger partial charge in [-0.3, -0.25) is 14.5 Å². The summed E-state index contributed by atoms with van der Waals surface area (Å²) in [4.78, 5) is 28.7. The van der Waals surface area contributed by atoms with Gasteiger partial charge < -0.3 is 14.8 Å². The van der Waals surface area contributed by atoms with Crippen LogP contribution in [0.3, 0.4) is 0 Å². The van der Waals surface area contributed by atoms with Crippen LogP contribution in [-0.2, 0) is 19.7 Å². The molecule has 0 unspecified atom stereocenters. The maximum absolute atomic E-state index is 13.8. The van der Waals surface area contributed by atoms with E-state index in [-0.39, 0.29) is 40.9 Å². The molecule has 0 bridgehead atoms. The van der Waals surface area contributed by atoms with Gasteiger partial charge in [-0.25, -0.2) is 4.68 Å². The number of nitrogens with one attached hydrogen (secondary N) is 1. The van der Waals surface area contributed by atoms with Gasteiger partial charge in [-0.2, -0.15) is 5.10 Å². The van der Waals surface area contributed by atoms with Crippen LogP contribution in [0.15, 0.2) is 48.5 Å². The van der Waals surface area contributed by atoms with Crippen molar-refractivity contribution in [2.45, 2.75) is 57.3 Å². The Morgan fingerprint density at radius 2 is 1.93 bits per heavy atom. The molecule has 2 amide bonds. The number of amides is 2. The predicted molar refractivity (Wildman–Crippen MR) is 159 cm³/mol. The fourth-order valence-corrected chi connectivity index (χ4v) is 6.63. The van der Waals surface area contributed by atoms with Gasteiger partial charge in [0.1, 0.15) is 18.1 Å². The molecular formula is C31H38N4O4S. The maximum Gasteiger partial charge on any atom is 0.240 e. The first-order chi connectivity index (χ1) is 19.2. The molecule has 2 aromatic carbocycles. The number of aromatic nitrogens is 2. The van der Waals surface area contributed by atoms with E-state index in [2.05, 4.69) is 45.1 Å². The molecule has 212 valence electrons. The van der Waals surface area contributed by atoms with Crippen molar-refractivity contribution in [1.82, 2.24) is 15.1 Å². The van der Waals surface area contributed by atoms with E-state index in [0.717, 1.165) is 53.3 Å². The van der Waals surface area contributed by atoms with Gasteiger partial charge in [0.15, 0.2) is 0 Å². The lowest BCUT2D eigenvalue weighted by Gasteiger charge is -2.25. The molecule has 1 fully saturated rings. The fraction of sp³-hybridized carbons (Fsp3) is 0.452. The van der Waals surface area contributed by atoms with Gasteiger partial charge in [0.2, 0.25) is 11.8 Å². The van der Waals surface area contributed by atoms with E-state index in [4.69, 9.17) is 14.6 Å². The fourth-order valence-electron chi connectivity index (χ4n) is 5.34. The van der Waals surface area contributed by atoms with Crippen molar-refractivity contribution in [1.29, 1.82) is 0 Å². The molecule has 8 nitrogen and oxygen atoms in total. The second-order valence-corrected chi connectivity index (χ2v) is 12.5. The van der Waals surface area contributed by atoms with Gasteiger partial charge in [-0.15, -0.1) is 11.8 Å². The molecule has 2 aliphatic rings. The van der Waals surface area contributed by atoms with E-state index in [1.165, 1.54) is 0 Å². The van der Waals surface area contributed by atoms with Gasteiger partial charge in [-0.05, 0) is 55.2 Å². The minimum absolute atomic E-state index is 0.0256. The smallest absolute Gasteiger partial charge is 0.240 e. The first-order valence-electron chi connectivity index (χ1n) is 13.8. The number of hydrogen-bond donors (Lipinski definition) is 1. The zero-order valence-electron chi connectivity index (χ0n) is 23.9. The predicted octanol–water partition coefficient (Wildman–Crippen LogP) is 4.95. The molecule has 5 rings (SSSR count). The van der Waals surface area contributed by atoms with Gasteiger partial charge in [-0.1, -0.05) is 45.0 Å². The average molecular weight is 563 g/mol. The number of fused-ring (bicyclic) bond motifs is 1. The Morgan fingerprint density at radius 1 is 1.18 bits per heavy atom. The summed E-state index contributed by atoms with van der Waals surface area (Å²) in [5, 5.41) is 8.03. The van der Waals surface area contributed by atoms with Crippen LogP contribution in [-0.4, -0.2) is 60.3 Å². The highest BCUT2D eigenvalue weighted by Crippen LogP contribution is 2.49. The van der Waals surface area contributed by atoms with Gasteiger partial charge in [0, 0.05) is 24.1 Å². The van der Waals surface area contributed by atoms with E-state index in [1.807, 2.05) is 41.1 Å².